The van der Waals surface area contributed by atoms with E-state index in [2.05, 4.69) is 0 Å². The third kappa shape index (κ3) is 2.22. The lowest BCUT2D eigenvalue weighted by Crippen LogP contribution is -2.30. The van der Waals surface area contributed by atoms with Crippen molar-refractivity contribution in [3.8, 4) is 5.75 Å². The molecule has 0 amide bonds. The summed E-state index contributed by atoms with van der Waals surface area (Å²) < 4.78 is 19.7. The van der Waals surface area contributed by atoms with E-state index in [9.17, 15) is 4.39 Å². The Labute approximate surface area is 112 Å². The summed E-state index contributed by atoms with van der Waals surface area (Å²) in [6, 6.07) is 12.4. The molecule has 0 fully saturated rings. The summed E-state index contributed by atoms with van der Waals surface area (Å²) in [5.41, 5.74) is 8.85. The zero-order valence-electron chi connectivity index (χ0n) is 10.8. The van der Waals surface area contributed by atoms with Crippen LogP contribution in [-0.2, 0) is 6.42 Å². The number of para-hydroxylation sites is 1. The normalized spacial score (nSPS) is 18.8. The van der Waals surface area contributed by atoms with E-state index in [4.69, 9.17) is 10.5 Å². The zero-order chi connectivity index (χ0) is 13.4. The van der Waals surface area contributed by atoms with Crippen LogP contribution in [0.4, 0.5) is 4.39 Å². The van der Waals surface area contributed by atoms with Gasteiger partial charge in [-0.2, -0.15) is 0 Å². The SMILES string of the molecule is Cc1ccc(F)c(C(N)C2Cc3ccccc3O2)c1. The Bertz CT molecular complexity index is 586. The maximum Gasteiger partial charge on any atom is 0.128 e. The number of rotatable bonds is 2. The predicted molar refractivity (Wildman–Crippen MR) is 72.6 cm³/mol. The molecule has 0 aliphatic carbocycles. The number of benzene rings is 2. The fourth-order valence-electron chi connectivity index (χ4n) is 2.53. The standard InChI is InChI=1S/C16H16FNO/c1-10-6-7-13(17)12(8-10)16(18)15-9-11-4-2-3-5-14(11)19-15/h2-8,15-16H,9,18H2,1H3. The zero-order valence-corrected chi connectivity index (χ0v) is 10.8. The second kappa shape index (κ2) is 4.67. The molecule has 0 radical (unpaired) electrons. The van der Waals surface area contributed by atoms with Gasteiger partial charge in [-0.05, 0) is 24.6 Å². The minimum absolute atomic E-state index is 0.200. The number of fused-ring (bicyclic) bond motifs is 1. The van der Waals surface area contributed by atoms with Crippen molar-refractivity contribution < 1.29 is 9.13 Å². The predicted octanol–water partition coefficient (Wildman–Crippen LogP) is 3.14. The molecule has 2 aromatic carbocycles. The van der Waals surface area contributed by atoms with Crippen molar-refractivity contribution in [2.24, 2.45) is 5.73 Å². The Balaban J connectivity index is 1.87. The van der Waals surface area contributed by atoms with E-state index in [1.54, 1.807) is 12.1 Å². The molecular formula is C16H16FNO. The summed E-state index contributed by atoms with van der Waals surface area (Å²) in [5.74, 6) is 0.591. The van der Waals surface area contributed by atoms with E-state index in [-0.39, 0.29) is 11.9 Å². The van der Waals surface area contributed by atoms with Gasteiger partial charge in [-0.1, -0.05) is 35.9 Å². The highest BCUT2D eigenvalue weighted by Gasteiger charge is 2.30. The Hall–Kier alpha value is -1.87. The first-order valence-electron chi connectivity index (χ1n) is 6.41. The molecule has 0 aromatic heterocycles. The summed E-state index contributed by atoms with van der Waals surface area (Å²) in [6.07, 6.45) is 0.527. The van der Waals surface area contributed by atoms with Crippen molar-refractivity contribution in [2.45, 2.75) is 25.5 Å². The average Bonchev–Trinajstić information content (AvgIpc) is 2.84. The van der Waals surface area contributed by atoms with Crippen molar-refractivity contribution >= 4 is 0 Å². The molecule has 1 aliphatic heterocycles. The second-order valence-electron chi connectivity index (χ2n) is 5.02. The fraction of sp³-hybridized carbons (Fsp3) is 0.250. The van der Waals surface area contributed by atoms with Crippen molar-refractivity contribution in [2.75, 3.05) is 0 Å². The highest BCUT2D eigenvalue weighted by Crippen LogP contribution is 2.33. The first-order chi connectivity index (χ1) is 9.15. The number of ether oxygens (including phenoxy) is 1. The molecule has 19 heavy (non-hydrogen) atoms. The van der Waals surface area contributed by atoms with Gasteiger partial charge >= 0.3 is 0 Å². The highest BCUT2D eigenvalue weighted by atomic mass is 19.1. The highest BCUT2D eigenvalue weighted by molar-refractivity contribution is 5.39. The summed E-state index contributed by atoms with van der Waals surface area (Å²) in [6.45, 7) is 1.93. The molecule has 1 aliphatic rings. The Morgan fingerprint density at radius 1 is 1.26 bits per heavy atom. The second-order valence-corrected chi connectivity index (χ2v) is 5.02. The number of nitrogens with two attached hydrogens (primary N) is 1. The van der Waals surface area contributed by atoms with Gasteiger partial charge in [0.2, 0.25) is 0 Å². The summed E-state index contributed by atoms with van der Waals surface area (Å²) in [5, 5.41) is 0. The lowest BCUT2D eigenvalue weighted by atomic mass is 9.97. The molecule has 2 aromatic rings. The van der Waals surface area contributed by atoms with Crippen LogP contribution in [0.15, 0.2) is 42.5 Å². The quantitative estimate of drug-likeness (QED) is 0.897. The fourth-order valence-corrected chi connectivity index (χ4v) is 2.53. The van der Waals surface area contributed by atoms with Crippen LogP contribution in [0.3, 0.4) is 0 Å². The minimum Gasteiger partial charge on any atom is -0.488 e. The molecule has 2 nitrogen and oxygen atoms in total. The van der Waals surface area contributed by atoms with Crippen LogP contribution in [0, 0.1) is 12.7 Å². The molecule has 0 saturated heterocycles. The molecule has 2 atom stereocenters. The molecule has 3 rings (SSSR count). The van der Waals surface area contributed by atoms with Crippen molar-refractivity contribution in [3.05, 3.63) is 65.0 Å². The monoisotopic (exact) mass is 257 g/mol. The maximum atomic E-state index is 13.9. The molecule has 0 spiro atoms. The molecule has 0 bridgehead atoms. The van der Waals surface area contributed by atoms with E-state index in [0.29, 0.717) is 5.56 Å². The van der Waals surface area contributed by atoms with E-state index >= 15 is 0 Å². The lowest BCUT2D eigenvalue weighted by molar-refractivity contribution is 0.197. The van der Waals surface area contributed by atoms with Crippen molar-refractivity contribution in [3.63, 3.8) is 0 Å². The third-order valence-electron chi connectivity index (χ3n) is 3.58. The maximum absolute atomic E-state index is 13.9. The molecule has 2 unspecified atom stereocenters. The third-order valence-corrected chi connectivity index (χ3v) is 3.58. The Morgan fingerprint density at radius 2 is 2.05 bits per heavy atom. The molecule has 98 valence electrons. The van der Waals surface area contributed by atoms with Crippen LogP contribution >= 0.6 is 0 Å². The van der Waals surface area contributed by atoms with Gasteiger partial charge in [-0.3, -0.25) is 0 Å². The van der Waals surface area contributed by atoms with Crippen LogP contribution in [0.25, 0.3) is 0 Å². The van der Waals surface area contributed by atoms with E-state index < -0.39 is 6.04 Å². The summed E-state index contributed by atoms with van der Waals surface area (Å²) in [4.78, 5) is 0. The van der Waals surface area contributed by atoms with Gasteiger partial charge in [-0.25, -0.2) is 4.39 Å². The summed E-state index contributed by atoms with van der Waals surface area (Å²) in [7, 11) is 0. The molecule has 2 N–H and O–H groups in total. The average molecular weight is 257 g/mol. The summed E-state index contributed by atoms with van der Waals surface area (Å²) >= 11 is 0. The molecule has 3 heteroatoms. The van der Waals surface area contributed by atoms with Gasteiger partial charge in [0.05, 0.1) is 6.04 Å². The van der Waals surface area contributed by atoms with Crippen LogP contribution in [-0.4, -0.2) is 6.10 Å². The topological polar surface area (TPSA) is 35.2 Å². The molecule has 1 heterocycles. The Kier molecular flexibility index (Phi) is 2.99. The van der Waals surface area contributed by atoms with Crippen molar-refractivity contribution in [1.29, 1.82) is 0 Å². The van der Waals surface area contributed by atoms with Crippen LogP contribution in [0.1, 0.15) is 22.7 Å². The van der Waals surface area contributed by atoms with Gasteiger partial charge in [0.15, 0.2) is 0 Å². The number of hydrogen-bond donors (Lipinski definition) is 1. The van der Waals surface area contributed by atoms with Crippen molar-refractivity contribution in [1.82, 2.24) is 0 Å². The minimum atomic E-state index is -0.452. The van der Waals surface area contributed by atoms with Crippen LogP contribution < -0.4 is 10.5 Å². The van der Waals surface area contributed by atoms with E-state index in [1.165, 1.54) is 6.07 Å². The van der Waals surface area contributed by atoms with E-state index in [0.717, 1.165) is 23.3 Å². The van der Waals surface area contributed by atoms with Gasteiger partial charge < -0.3 is 10.5 Å². The first-order valence-corrected chi connectivity index (χ1v) is 6.41. The van der Waals surface area contributed by atoms with E-state index in [1.807, 2.05) is 31.2 Å². The number of hydrogen-bond acceptors (Lipinski definition) is 2. The largest absolute Gasteiger partial charge is 0.488 e. The Morgan fingerprint density at radius 3 is 2.84 bits per heavy atom. The molecular weight excluding hydrogens is 241 g/mol. The van der Waals surface area contributed by atoms with Gasteiger partial charge in [0.1, 0.15) is 17.7 Å². The van der Waals surface area contributed by atoms with Crippen LogP contribution in [0.2, 0.25) is 0 Å². The molecule has 0 saturated carbocycles. The van der Waals surface area contributed by atoms with Crippen LogP contribution in [0.5, 0.6) is 5.75 Å². The smallest absolute Gasteiger partial charge is 0.128 e. The number of halogens is 1. The van der Waals surface area contributed by atoms with Gasteiger partial charge in [0.25, 0.3) is 0 Å². The van der Waals surface area contributed by atoms with Gasteiger partial charge in [-0.15, -0.1) is 0 Å². The number of aryl methyl sites for hydroxylation is 1. The van der Waals surface area contributed by atoms with Gasteiger partial charge in [0, 0.05) is 12.0 Å². The lowest BCUT2D eigenvalue weighted by Gasteiger charge is -2.20. The first kappa shape index (κ1) is 12.2.